The summed E-state index contributed by atoms with van der Waals surface area (Å²) in [5.41, 5.74) is 6.81. The second-order valence-corrected chi connectivity index (χ2v) is 15.7. The lowest BCUT2D eigenvalue weighted by Crippen LogP contribution is -2.61. The van der Waals surface area contributed by atoms with Crippen molar-refractivity contribution in [2.24, 2.45) is 23.5 Å². The Labute approximate surface area is 330 Å². The van der Waals surface area contributed by atoms with E-state index in [2.05, 4.69) is 21.3 Å². The Kier molecular flexibility index (Phi) is 17.7. The molecule has 0 aromatic heterocycles. The number of amides is 6. The molecule has 0 bridgehead atoms. The van der Waals surface area contributed by atoms with Gasteiger partial charge in [0.05, 0.1) is 12.6 Å². The molecule has 6 amide bonds. The molecule has 16 nitrogen and oxygen atoms in total. The van der Waals surface area contributed by atoms with E-state index in [9.17, 15) is 43.8 Å². The van der Waals surface area contributed by atoms with E-state index in [1.54, 1.807) is 44.2 Å². The third kappa shape index (κ3) is 12.2. The van der Waals surface area contributed by atoms with Crippen molar-refractivity contribution in [3.63, 3.8) is 0 Å². The van der Waals surface area contributed by atoms with E-state index in [1.807, 2.05) is 27.7 Å². The van der Waals surface area contributed by atoms with Crippen LogP contribution in [0.1, 0.15) is 92.1 Å². The zero-order valence-corrected chi connectivity index (χ0v) is 33.7. The quantitative estimate of drug-likeness (QED) is 0.0976. The highest BCUT2D eigenvalue weighted by Crippen LogP contribution is 2.24. The summed E-state index contributed by atoms with van der Waals surface area (Å²) >= 11 is 0. The van der Waals surface area contributed by atoms with Crippen LogP contribution < -0.4 is 27.0 Å². The molecule has 3 rings (SSSR count). The van der Waals surface area contributed by atoms with Crippen LogP contribution in [0.5, 0.6) is 0 Å². The molecule has 0 spiro atoms. The Hall–Kier alpha value is -4.57. The maximum atomic E-state index is 14.0. The van der Waals surface area contributed by atoms with Crippen molar-refractivity contribution in [1.82, 2.24) is 31.1 Å². The predicted molar refractivity (Wildman–Crippen MR) is 208 cm³/mol. The van der Waals surface area contributed by atoms with Crippen molar-refractivity contribution in [1.29, 1.82) is 0 Å². The number of aliphatic hydroxyl groups is 1. The fourth-order valence-corrected chi connectivity index (χ4v) is 7.26. The second-order valence-electron chi connectivity index (χ2n) is 15.7. The van der Waals surface area contributed by atoms with Gasteiger partial charge >= 0.3 is 5.97 Å². The fraction of sp³-hybridized carbons (Fsp3) is 0.675. The minimum absolute atomic E-state index is 0.0261. The number of likely N-dealkylation sites (tertiary alicyclic amines) is 2. The van der Waals surface area contributed by atoms with Gasteiger partial charge in [-0.1, -0.05) is 84.7 Å². The molecular formula is C40H63N7O9. The highest BCUT2D eigenvalue weighted by atomic mass is 16.4. The molecule has 2 heterocycles. The number of hydrogen-bond acceptors (Lipinski definition) is 9. The van der Waals surface area contributed by atoms with Gasteiger partial charge in [-0.25, -0.2) is 4.79 Å². The Balaban J connectivity index is 1.80. The summed E-state index contributed by atoms with van der Waals surface area (Å²) in [7, 11) is 0. The van der Waals surface area contributed by atoms with E-state index in [-0.39, 0.29) is 43.7 Å². The number of carbonyl (C=O) groups excluding carboxylic acids is 6. The summed E-state index contributed by atoms with van der Waals surface area (Å²) in [5, 5.41) is 31.0. The van der Waals surface area contributed by atoms with Crippen LogP contribution >= 0.6 is 0 Å². The molecule has 2 fully saturated rings. The number of carboxylic acids is 1. The third-order valence-electron chi connectivity index (χ3n) is 11.0. The van der Waals surface area contributed by atoms with Crippen molar-refractivity contribution in [2.45, 2.75) is 135 Å². The zero-order valence-electron chi connectivity index (χ0n) is 33.7. The average Bonchev–Trinajstić information content (AvgIpc) is 3.88. The minimum atomic E-state index is -1.47. The smallest absolute Gasteiger partial charge is 0.326 e. The molecule has 312 valence electrons. The molecule has 1 aromatic carbocycles. The SMILES string of the molecule is CC[C@H](C)[C@H](NC(=O)[C@@H](N)CC(C)C)C(=O)N[C@@H](Cc1ccccc1)C(=O)N[C@@H](CO)C(=O)N1CCC[C@H]1C(=O)N[C@H](C(=O)N1CCC[C@H]1C(=O)O)[C@@H](C)CC. The summed E-state index contributed by atoms with van der Waals surface area (Å²) in [6.07, 6.45) is 3.05. The summed E-state index contributed by atoms with van der Waals surface area (Å²) < 4.78 is 0. The molecule has 2 aliphatic heterocycles. The number of aliphatic carboxylic acids is 1. The van der Waals surface area contributed by atoms with Gasteiger partial charge in [0, 0.05) is 19.5 Å². The maximum absolute atomic E-state index is 14.0. The summed E-state index contributed by atoms with van der Waals surface area (Å²) in [5.74, 6) is -5.28. The predicted octanol–water partition coefficient (Wildman–Crippen LogP) is 0.693. The van der Waals surface area contributed by atoms with E-state index in [4.69, 9.17) is 5.73 Å². The van der Waals surface area contributed by atoms with Crippen LogP contribution in [0.2, 0.25) is 0 Å². The number of carboxylic acid groups (broad SMARTS) is 1. The standard InChI is InChI=1S/C40H63N7O9/c1-7-24(5)32(44-34(49)27(41)20-23(3)4)37(52)42-28(21-26-14-10-9-11-15-26)35(50)43-29(22-48)38(53)46-18-12-16-30(46)36(51)45-33(25(6)8-2)39(54)47-19-13-17-31(47)40(55)56/h9-11,14-15,23-25,27-33,48H,7-8,12-13,16-22,41H2,1-6H3,(H,42,52)(H,43,50)(H,44,49)(H,45,51)(H,55,56)/t24-,25-,27-,28-,29-,30-,31-,32-,33-/m0/s1. The summed E-state index contributed by atoms with van der Waals surface area (Å²) in [4.78, 5) is 96.5. The highest BCUT2D eigenvalue weighted by Gasteiger charge is 2.43. The van der Waals surface area contributed by atoms with Crippen LogP contribution in [-0.4, -0.2) is 123 Å². The lowest BCUT2D eigenvalue weighted by atomic mass is 9.96. The number of hydrogen-bond donors (Lipinski definition) is 7. The second kappa shape index (κ2) is 21.7. The van der Waals surface area contributed by atoms with Crippen LogP contribution in [0.4, 0.5) is 0 Å². The molecule has 1 aromatic rings. The van der Waals surface area contributed by atoms with Crippen LogP contribution in [-0.2, 0) is 40.0 Å². The molecule has 0 unspecified atom stereocenters. The van der Waals surface area contributed by atoms with Crippen LogP contribution in [0.15, 0.2) is 30.3 Å². The Morgan fingerprint density at radius 3 is 1.84 bits per heavy atom. The van der Waals surface area contributed by atoms with Crippen LogP contribution in [0.25, 0.3) is 0 Å². The van der Waals surface area contributed by atoms with E-state index in [0.29, 0.717) is 44.1 Å². The molecule has 2 aliphatic rings. The molecule has 0 radical (unpaired) electrons. The zero-order chi connectivity index (χ0) is 41.7. The van der Waals surface area contributed by atoms with Crippen molar-refractivity contribution >= 4 is 41.4 Å². The first-order valence-corrected chi connectivity index (χ1v) is 20.0. The molecular weight excluding hydrogens is 722 g/mol. The number of nitrogens with zero attached hydrogens (tertiary/aromatic N) is 2. The van der Waals surface area contributed by atoms with E-state index in [1.165, 1.54) is 9.80 Å². The van der Waals surface area contributed by atoms with Crippen molar-refractivity contribution in [2.75, 3.05) is 19.7 Å². The van der Waals surface area contributed by atoms with Crippen LogP contribution in [0, 0.1) is 17.8 Å². The van der Waals surface area contributed by atoms with Gasteiger partial charge in [0.2, 0.25) is 35.4 Å². The molecule has 9 atom stereocenters. The fourth-order valence-electron chi connectivity index (χ4n) is 7.26. The first-order chi connectivity index (χ1) is 26.5. The molecule has 56 heavy (non-hydrogen) atoms. The maximum Gasteiger partial charge on any atom is 0.326 e. The summed E-state index contributed by atoms with van der Waals surface area (Å²) in [6.45, 7) is 10.8. The van der Waals surface area contributed by atoms with Crippen molar-refractivity contribution in [3.8, 4) is 0 Å². The Morgan fingerprint density at radius 1 is 0.732 bits per heavy atom. The van der Waals surface area contributed by atoms with Gasteiger partial charge in [-0.2, -0.15) is 0 Å². The topological polar surface area (TPSA) is 241 Å². The van der Waals surface area contributed by atoms with Gasteiger partial charge < -0.3 is 47.0 Å². The van der Waals surface area contributed by atoms with Crippen molar-refractivity contribution < 1.29 is 43.8 Å². The van der Waals surface area contributed by atoms with Gasteiger partial charge in [0.25, 0.3) is 0 Å². The average molecular weight is 786 g/mol. The number of nitrogens with one attached hydrogen (secondary N) is 4. The van der Waals surface area contributed by atoms with Gasteiger partial charge in [0.1, 0.15) is 36.3 Å². The van der Waals surface area contributed by atoms with Gasteiger partial charge in [-0.05, 0) is 55.4 Å². The number of benzene rings is 1. The van der Waals surface area contributed by atoms with Gasteiger partial charge in [0.15, 0.2) is 0 Å². The first-order valence-electron chi connectivity index (χ1n) is 20.0. The first kappa shape index (κ1) is 45.8. The summed E-state index contributed by atoms with van der Waals surface area (Å²) in [6, 6.07) is 1.35. The van der Waals surface area contributed by atoms with Gasteiger partial charge in [-0.3, -0.25) is 28.8 Å². The lowest BCUT2D eigenvalue weighted by Gasteiger charge is -2.33. The van der Waals surface area contributed by atoms with Gasteiger partial charge in [-0.15, -0.1) is 0 Å². The number of carbonyl (C=O) groups is 7. The third-order valence-corrected chi connectivity index (χ3v) is 11.0. The number of rotatable bonds is 20. The number of aliphatic hydroxyl groups excluding tert-OH is 1. The lowest BCUT2D eigenvalue weighted by molar-refractivity contribution is -0.150. The van der Waals surface area contributed by atoms with E-state index < -0.39 is 90.3 Å². The molecule has 16 heteroatoms. The highest BCUT2D eigenvalue weighted by molar-refractivity contribution is 5.97. The monoisotopic (exact) mass is 785 g/mol. The van der Waals surface area contributed by atoms with E-state index in [0.717, 1.165) is 0 Å². The molecule has 0 aliphatic carbocycles. The molecule has 2 saturated heterocycles. The molecule has 0 saturated carbocycles. The van der Waals surface area contributed by atoms with Crippen LogP contribution in [0.3, 0.4) is 0 Å². The Morgan fingerprint density at radius 2 is 1.29 bits per heavy atom. The normalized spacial score (nSPS) is 20.6. The number of nitrogens with two attached hydrogens (primary N) is 1. The minimum Gasteiger partial charge on any atom is -0.480 e. The van der Waals surface area contributed by atoms with E-state index >= 15 is 0 Å². The largest absolute Gasteiger partial charge is 0.480 e. The molecule has 8 N–H and O–H groups in total. The Bertz CT molecular complexity index is 1530. The van der Waals surface area contributed by atoms with Crippen molar-refractivity contribution in [3.05, 3.63) is 35.9 Å².